The summed E-state index contributed by atoms with van der Waals surface area (Å²) in [5.41, 5.74) is 2.79. The van der Waals surface area contributed by atoms with E-state index in [0.29, 0.717) is 11.2 Å². The number of fused-ring (bicyclic) bond motifs is 1. The van der Waals surface area contributed by atoms with Crippen LogP contribution in [0.5, 0.6) is 5.75 Å². The van der Waals surface area contributed by atoms with Crippen LogP contribution in [0.4, 0.5) is 11.5 Å². The molecule has 8 nitrogen and oxygen atoms in total. The average Bonchev–Trinajstić information content (AvgIpc) is 2.82. The molecule has 0 radical (unpaired) electrons. The van der Waals surface area contributed by atoms with Crippen LogP contribution in [-0.4, -0.2) is 58.4 Å². The van der Waals surface area contributed by atoms with Crippen molar-refractivity contribution in [2.75, 3.05) is 36.5 Å². The molecule has 31 heavy (non-hydrogen) atoms. The molecule has 9 heteroatoms. The fourth-order valence-corrected chi connectivity index (χ4v) is 4.32. The number of nitrogens with zero attached hydrogens (tertiary/aromatic N) is 5. The van der Waals surface area contributed by atoms with Crippen LogP contribution in [0.2, 0.25) is 5.15 Å². The van der Waals surface area contributed by atoms with Crippen molar-refractivity contribution < 1.29 is 9.47 Å². The van der Waals surface area contributed by atoms with Crippen molar-refractivity contribution >= 4 is 34.1 Å². The van der Waals surface area contributed by atoms with Crippen LogP contribution in [-0.2, 0) is 4.74 Å². The fourth-order valence-electron chi connectivity index (χ4n) is 4.22. The summed E-state index contributed by atoms with van der Waals surface area (Å²) in [4.78, 5) is 19.7. The molecular formula is C22H25ClN6O2. The summed E-state index contributed by atoms with van der Waals surface area (Å²) < 4.78 is 12.0. The molecule has 162 valence electrons. The Morgan fingerprint density at radius 2 is 1.77 bits per heavy atom. The highest BCUT2D eigenvalue weighted by molar-refractivity contribution is 6.29. The lowest BCUT2D eigenvalue weighted by atomic mass is 9.93. The quantitative estimate of drug-likeness (QED) is 0.642. The SMILES string of the molecule is Clc1cnc(NC2CCC(Oc3cc(N4CCOCC4)cc4nccnc34)CC2)cn1. The normalized spacial score (nSPS) is 21.8. The minimum Gasteiger partial charge on any atom is -0.488 e. The molecule has 0 atom stereocenters. The molecule has 1 aromatic carbocycles. The van der Waals surface area contributed by atoms with Crippen molar-refractivity contribution in [2.45, 2.75) is 37.8 Å². The van der Waals surface area contributed by atoms with Gasteiger partial charge in [-0.2, -0.15) is 0 Å². The monoisotopic (exact) mass is 440 g/mol. The van der Waals surface area contributed by atoms with E-state index in [1.165, 1.54) is 0 Å². The van der Waals surface area contributed by atoms with Crippen LogP contribution in [0, 0.1) is 0 Å². The molecule has 0 spiro atoms. The van der Waals surface area contributed by atoms with Crippen LogP contribution in [0.15, 0.2) is 36.9 Å². The lowest BCUT2D eigenvalue weighted by Gasteiger charge is -2.31. The number of hydrogen-bond donors (Lipinski definition) is 1. The maximum absolute atomic E-state index is 6.48. The Bertz CT molecular complexity index is 1020. The van der Waals surface area contributed by atoms with Gasteiger partial charge in [0.25, 0.3) is 0 Å². The van der Waals surface area contributed by atoms with E-state index in [4.69, 9.17) is 21.1 Å². The number of benzene rings is 1. The Morgan fingerprint density at radius 1 is 0.968 bits per heavy atom. The van der Waals surface area contributed by atoms with Gasteiger partial charge in [0.05, 0.1) is 37.2 Å². The Balaban J connectivity index is 1.27. The summed E-state index contributed by atoms with van der Waals surface area (Å²) >= 11 is 5.82. The molecule has 1 N–H and O–H groups in total. The Labute approximate surface area is 186 Å². The molecule has 1 aliphatic heterocycles. The number of halogens is 1. The minimum atomic E-state index is 0.152. The molecule has 1 aliphatic carbocycles. The van der Waals surface area contributed by atoms with Crippen molar-refractivity contribution in [3.63, 3.8) is 0 Å². The van der Waals surface area contributed by atoms with Crippen LogP contribution < -0.4 is 15.0 Å². The second-order valence-corrected chi connectivity index (χ2v) is 8.31. The van der Waals surface area contributed by atoms with Crippen molar-refractivity contribution in [3.8, 4) is 5.75 Å². The van der Waals surface area contributed by atoms with E-state index in [1.54, 1.807) is 24.8 Å². The van der Waals surface area contributed by atoms with Gasteiger partial charge in [0.15, 0.2) is 0 Å². The van der Waals surface area contributed by atoms with Crippen LogP contribution in [0.25, 0.3) is 11.0 Å². The van der Waals surface area contributed by atoms with Crippen LogP contribution in [0.3, 0.4) is 0 Å². The number of rotatable bonds is 5. The second kappa shape index (κ2) is 9.20. The van der Waals surface area contributed by atoms with Gasteiger partial charge in [-0.3, -0.25) is 4.98 Å². The lowest BCUT2D eigenvalue weighted by molar-refractivity contribution is 0.122. The van der Waals surface area contributed by atoms with Gasteiger partial charge in [-0.05, 0) is 31.7 Å². The van der Waals surface area contributed by atoms with E-state index < -0.39 is 0 Å². The molecule has 1 saturated carbocycles. The first-order chi connectivity index (χ1) is 15.2. The van der Waals surface area contributed by atoms with E-state index in [1.807, 2.05) is 0 Å². The van der Waals surface area contributed by atoms with Crippen molar-refractivity contribution in [3.05, 3.63) is 42.1 Å². The second-order valence-electron chi connectivity index (χ2n) is 7.93. The number of morpholine rings is 1. The standard InChI is InChI=1S/C22H25ClN6O2/c23-20-13-27-21(14-26-20)28-15-1-3-17(4-2-15)31-19-12-16(29-7-9-30-10-8-29)11-18-22(19)25-6-5-24-18/h5-6,11-15,17H,1-4,7-10H2,(H,27,28). The summed E-state index contributed by atoms with van der Waals surface area (Å²) in [7, 11) is 0. The zero-order valence-corrected chi connectivity index (χ0v) is 18.0. The van der Waals surface area contributed by atoms with Gasteiger partial charge in [-0.15, -0.1) is 0 Å². The van der Waals surface area contributed by atoms with E-state index in [9.17, 15) is 0 Å². The third-order valence-electron chi connectivity index (χ3n) is 5.84. The number of hydrogen-bond acceptors (Lipinski definition) is 8. The highest BCUT2D eigenvalue weighted by Gasteiger charge is 2.24. The van der Waals surface area contributed by atoms with Gasteiger partial charge < -0.3 is 19.7 Å². The van der Waals surface area contributed by atoms with Gasteiger partial charge in [0, 0.05) is 43.3 Å². The topological polar surface area (TPSA) is 85.3 Å². The summed E-state index contributed by atoms with van der Waals surface area (Å²) in [6, 6.07) is 4.55. The van der Waals surface area contributed by atoms with Crippen molar-refractivity contribution in [1.82, 2.24) is 19.9 Å². The minimum absolute atomic E-state index is 0.152. The van der Waals surface area contributed by atoms with E-state index in [-0.39, 0.29) is 6.10 Å². The third-order valence-corrected chi connectivity index (χ3v) is 6.04. The first-order valence-corrected chi connectivity index (χ1v) is 11.1. The molecule has 0 amide bonds. The molecule has 5 rings (SSSR count). The third kappa shape index (κ3) is 4.80. The maximum atomic E-state index is 6.48. The largest absolute Gasteiger partial charge is 0.488 e. The van der Waals surface area contributed by atoms with Gasteiger partial charge in [0.1, 0.15) is 22.2 Å². The highest BCUT2D eigenvalue weighted by Crippen LogP contribution is 2.33. The smallest absolute Gasteiger partial charge is 0.149 e. The average molecular weight is 441 g/mol. The predicted molar refractivity (Wildman–Crippen MR) is 120 cm³/mol. The molecule has 2 fully saturated rings. The summed E-state index contributed by atoms with van der Waals surface area (Å²) in [6.07, 6.45) is 10.8. The van der Waals surface area contributed by atoms with Gasteiger partial charge >= 0.3 is 0 Å². The van der Waals surface area contributed by atoms with E-state index in [0.717, 1.165) is 80.3 Å². The van der Waals surface area contributed by atoms with Gasteiger partial charge in [-0.25, -0.2) is 15.0 Å². The Hall–Kier alpha value is -2.71. The summed E-state index contributed by atoms with van der Waals surface area (Å²) in [5, 5.41) is 3.85. The van der Waals surface area contributed by atoms with Crippen molar-refractivity contribution in [2.24, 2.45) is 0 Å². The first kappa shape index (κ1) is 20.2. The number of nitrogens with one attached hydrogen (secondary N) is 1. The molecule has 2 aliphatic rings. The molecule has 1 saturated heterocycles. The number of ether oxygens (including phenoxy) is 2. The van der Waals surface area contributed by atoms with Crippen LogP contribution >= 0.6 is 11.6 Å². The summed E-state index contributed by atoms with van der Waals surface area (Å²) in [5.74, 6) is 1.57. The molecule has 3 aromatic rings. The maximum Gasteiger partial charge on any atom is 0.149 e. The molecule has 2 aromatic heterocycles. The Morgan fingerprint density at radius 3 is 2.55 bits per heavy atom. The van der Waals surface area contributed by atoms with E-state index in [2.05, 4.69) is 42.3 Å². The fraction of sp³-hybridized carbons (Fsp3) is 0.455. The Kier molecular flexibility index (Phi) is 5.99. The van der Waals surface area contributed by atoms with Crippen molar-refractivity contribution in [1.29, 1.82) is 0 Å². The lowest BCUT2D eigenvalue weighted by Crippen LogP contribution is -2.36. The number of aromatic nitrogens is 4. The zero-order chi connectivity index (χ0) is 21.0. The molecule has 0 unspecified atom stereocenters. The molecule has 0 bridgehead atoms. The first-order valence-electron chi connectivity index (χ1n) is 10.7. The van der Waals surface area contributed by atoms with E-state index >= 15 is 0 Å². The molecular weight excluding hydrogens is 416 g/mol. The summed E-state index contributed by atoms with van der Waals surface area (Å²) in [6.45, 7) is 3.22. The molecule has 3 heterocycles. The predicted octanol–water partition coefficient (Wildman–Crippen LogP) is 3.71. The highest BCUT2D eigenvalue weighted by atomic mass is 35.5. The van der Waals surface area contributed by atoms with Gasteiger partial charge in [-0.1, -0.05) is 11.6 Å². The van der Waals surface area contributed by atoms with Crippen LogP contribution in [0.1, 0.15) is 25.7 Å². The number of anilines is 2. The van der Waals surface area contributed by atoms with Gasteiger partial charge in [0.2, 0.25) is 0 Å². The zero-order valence-electron chi connectivity index (χ0n) is 17.2.